The van der Waals surface area contributed by atoms with E-state index in [4.69, 9.17) is 4.74 Å². The summed E-state index contributed by atoms with van der Waals surface area (Å²) in [4.78, 5) is 13.9. The number of rotatable bonds is 3. The fourth-order valence-electron chi connectivity index (χ4n) is 2.62. The number of nitrogens with one attached hydrogen (secondary N) is 1. The molecular weight excluding hydrogens is 321 g/mol. The van der Waals surface area contributed by atoms with E-state index in [0.29, 0.717) is 18.8 Å². The van der Waals surface area contributed by atoms with Gasteiger partial charge in [-0.1, -0.05) is 0 Å². The molecule has 1 heterocycles. The molecule has 1 atom stereocenters. The molecule has 0 bridgehead atoms. The molecule has 1 aliphatic rings. The van der Waals surface area contributed by atoms with Crippen LogP contribution in [0.4, 0.5) is 23.7 Å². The van der Waals surface area contributed by atoms with Crippen LogP contribution in [0.25, 0.3) is 0 Å². The Balaban J connectivity index is 1.92. The number of anilines is 1. The molecule has 2 rings (SSSR count). The van der Waals surface area contributed by atoms with Gasteiger partial charge in [-0.3, -0.25) is 0 Å². The third-order valence-corrected chi connectivity index (χ3v) is 3.76. The number of halogens is 3. The van der Waals surface area contributed by atoms with Gasteiger partial charge in [0.25, 0.3) is 0 Å². The van der Waals surface area contributed by atoms with Crippen molar-refractivity contribution in [3.8, 4) is 0 Å². The van der Waals surface area contributed by atoms with E-state index in [1.165, 1.54) is 12.1 Å². The van der Waals surface area contributed by atoms with E-state index in [2.05, 4.69) is 5.32 Å². The number of likely N-dealkylation sites (tertiary alicyclic amines) is 1. The van der Waals surface area contributed by atoms with Crippen LogP contribution in [0.2, 0.25) is 0 Å². The maximum absolute atomic E-state index is 12.5. The summed E-state index contributed by atoms with van der Waals surface area (Å²) >= 11 is 0. The fourth-order valence-corrected chi connectivity index (χ4v) is 2.62. The fraction of sp³-hybridized carbons (Fsp3) is 0.588. The molecule has 1 aromatic rings. The highest BCUT2D eigenvalue weighted by molar-refractivity contribution is 5.69. The monoisotopic (exact) mass is 344 g/mol. The quantitative estimate of drug-likeness (QED) is 0.877. The maximum Gasteiger partial charge on any atom is 0.416 e. The minimum Gasteiger partial charge on any atom is -0.444 e. The molecule has 4 nitrogen and oxygen atoms in total. The first-order chi connectivity index (χ1) is 11.1. The van der Waals surface area contributed by atoms with Gasteiger partial charge < -0.3 is 15.0 Å². The van der Waals surface area contributed by atoms with Gasteiger partial charge in [-0.05, 0) is 57.9 Å². The van der Waals surface area contributed by atoms with Gasteiger partial charge >= 0.3 is 12.3 Å². The lowest BCUT2D eigenvalue weighted by Gasteiger charge is -2.29. The minimum atomic E-state index is -4.34. The van der Waals surface area contributed by atoms with Crippen LogP contribution >= 0.6 is 0 Å². The minimum absolute atomic E-state index is 0.0258. The molecule has 1 saturated heterocycles. The van der Waals surface area contributed by atoms with Crippen molar-refractivity contribution in [2.75, 3.05) is 18.4 Å². The van der Waals surface area contributed by atoms with E-state index in [9.17, 15) is 18.0 Å². The molecule has 1 N–H and O–H groups in total. The van der Waals surface area contributed by atoms with Crippen LogP contribution < -0.4 is 5.32 Å². The van der Waals surface area contributed by atoms with Crippen molar-refractivity contribution in [3.63, 3.8) is 0 Å². The molecule has 134 valence electrons. The maximum atomic E-state index is 12.5. The van der Waals surface area contributed by atoms with Gasteiger partial charge in [-0.2, -0.15) is 13.2 Å². The molecule has 1 fully saturated rings. The number of carbonyl (C=O) groups excluding carboxylic acids is 1. The lowest BCUT2D eigenvalue weighted by molar-refractivity contribution is -0.137. The molecule has 1 aromatic carbocycles. The molecule has 0 aliphatic carbocycles. The second-order valence-electron chi connectivity index (χ2n) is 6.93. The highest BCUT2D eigenvalue weighted by Crippen LogP contribution is 2.30. The SMILES string of the molecule is CC(C)(C)OC(=O)N1CCC[C@@H]1CNc1ccc(C(F)(F)F)cc1. The normalized spacial score (nSPS) is 18.6. The number of nitrogens with zero attached hydrogens (tertiary/aromatic N) is 1. The van der Waals surface area contributed by atoms with Crippen LogP contribution in [0.3, 0.4) is 0 Å². The van der Waals surface area contributed by atoms with Gasteiger partial charge in [0.2, 0.25) is 0 Å². The number of alkyl halides is 3. The first-order valence-electron chi connectivity index (χ1n) is 7.97. The topological polar surface area (TPSA) is 41.6 Å². The molecule has 0 aromatic heterocycles. The Bertz CT molecular complexity index is 565. The molecule has 24 heavy (non-hydrogen) atoms. The van der Waals surface area contributed by atoms with Crippen molar-refractivity contribution in [1.29, 1.82) is 0 Å². The number of hydrogen-bond acceptors (Lipinski definition) is 3. The summed E-state index contributed by atoms with van der Waals surface area (Å²) in [5.74, 6) is 0. The van der Waals surface area contributed by atoms with Gasteiger partial charge in [0.05, 0.1) is 11.6 Å². The molecule has 0 saturated carbocycles. The highest BCUT2D eigenvalue weighted by Gasteiger charge is 2.32. The zero-order valence-corrected chi connectivity index (χ0v) is 14.1. The summed E-state index contributed by atoms with van der Waals surface area (Å²) in [7, 11) is 0. The van der Waals surface area contributed by atoms with Crippen LogP contribution in [0.5, 0.6) is 0 Å². The van der Waals surface area contributed by atoms with Gasteiger partial charge in [0.15, 0.2) is 0 Å². The van der Waals surface area contributed by atoms with E-state index < -0.39 is 17.3 Å². The summed E-state index contributed by atoms with van der Waals surface area (Å²) in [6.45, 7) is 6.56. The molecule has 1 aliphatic heterocycles. The molecule has 7 heteroatoms. The van der Waals surface area contributed by atoms with Crippen molar-refractivity contribution < 1.29 is 22.7 Å². The highest BCUT2D eigenvalue weighted by atomic mass is 19.4. The van der Waals surface area contributed by atoms with Crippen LogP contribution in [-0.2, 0) is 10.9 Å². The van der Waals surface area contributed by atoms with Crippen molar-refractivity contribution in [2.24, 2.45) is 0 Å². The van der Waals surface area contributed by atoms with Crippen molar-refractivity contribution in [2.45, 2.75) is 51.4 Å². The standard InChI is InChI=1S/C17H23F3N2O2/c1-16(2,3)24-15(23)22-10-4-5-14(22)11-21-13-8-6-12(7-9-13)17(18,19)20/h6-9,14,21H,4-5,10-11H2,1-3H3/t14-/m1/s1. The van der Waals surface area contributed by atoms with Crippen LogP contribution in [0, 0.1) is 0 Å². The van der Waals surface area contributed by atoms with Gasteiger partial charge in [0.1, 0.15) is 5.60 Å². The third kappa shape index (κ3) is 5.04. The summed E-state index contributed by atoms with van der Waals surface area (Å²) in [5, 5.41) is 3.10. The Kier molecular flexibility index (Phi) is 5.30. The smallest absolute Gasteiger partial charge is 0.416 e. The largest absolute Gasteiger partial charge is 0.444 e. The van der Waals surface area contributed by atoms with E-state index in [1.54, 1.807) is 4.90 Å². The summed E-state index contributed by atoms with van der Waals surface area (Å²) in [6, 6.07) is 4.86. The van der Waals surface area contributed by atoms with Crippen LogP contribution in [0.15, 0.2) is 24.3 Å². The summed E-state index contributed by atoms with van der Waals surface area (Å²) in [6.07, 6.45) is -2.96. The Morgan fingerprint density at radius 3 is 2.42 bits per heavy atom. The zero-order chi connectivity index (χ0) is 18.0. The number of carbonyl (C=O) groups is 1. The van der Waals surface area contributed by atoms with Crippen molar-refractivity contribution >= 4 is 11.8 Å². The number of amides is 1. The van der Waals surface area contributed by atoms with E-state index in [1.807, 2.05) is 20.8 Å². The van der Waals surface area contributed by atoms with E-state index >= 15 is 0 Å². The predicted molar refractivity (Wildman–Crippen MR) is 85.9 cm³/mol. The number of hydrogen-bond donors (Lipinski definition) is 1. The second kappa shape index (κ2) is 6.91. The summed E-state index contributed by atoms with van der Waals surface area (Å²) in [5.41, 5.74) is -0.631. The molecule has 1 amide bonds. The molecule has 0 spiro atoms. The van der Waals surface area contributed by atoms with Gasteiger partial charge in [0, 0.05) is 18.8 Å². The van der Waals surface area contributed by atoms with Crippen molar-refractivity contribution in [1.82, 2.24) is 4.90 Å². The zero-order valence-electron chi connectivity index (χ0n) is 14.1. The Morgan fingerprint density at radius 2 is 1.88 bits per heavy atom. The molecule has 0 radical (unpaired) electrons. The average Bonchev–Trinajstić information content (AvgIpc) is 2.91. The van der Waals surface area contributed by atoms with Crippen LogP contribution in [-0.4, -0.2) is 35.7 Å². The van der Waals surface area contributed by atoms with Crippen LogP contribution in [0.1, 0.15) is 39.2 Å². The second-order valence-corrected chi connectivity index (χ2v) is 6.93. The lowest BCUT2D eigenvalue weighted by Crippen LogP contribution is -2.42. The number of benzene rings is 1. The van der Waals surface area contributed by atoms with E-state index in [-0.39, 0.29) is 12.1 Å². The van der Waals surface area contributed by atoms with Gasteiger partial charge in [-0.25, -0.2) is 4.79 Å². The van der Waals surface area contributed by atoms with Crippen molar-refractivity contribution in [3.05, 3.63) is 29.8 Å². The first-order valence-corrected chi connectivity index (χ1v) is 7.97. The third-order valence-electron chi connectivity index (χ3n) is 3.76. The average molecular weight is 344 g/mol. The Hall–Kier alpha value is -1.92. The number of ether oxygens (including phenoxy) is 1. The summed E-state index contributed by atoms with van der Waals surface area (Å²) < 4.78 is 43.0. The first kappa shape index (κ1) is 18.4. The molecular formula is C17H23F3N2O2. The predicted octanol–water partition coefficient (Wildman–Crippen LogP) is 4.52. The lowest BCUT2D eigenvalue weighted by atomic mass is 10.2. The Labute approximate surface area is 140 Å². The molecule has 0 unspecified atom stereocenters. The van der Waals surface area contributed by atoms with Gasteiger partial charge in [-0.15, -0.1) is 0 Å². The van der Waals surface area contributed by atoms with E-state index in [0.717, 1.165) is 25.0 Å². The Morgan fingerprint density at radius 1 is 1.25 bits per heavy atom.